The molecule has 3 aromatic rings. The Morgan fingerprint density at radius 3 is 2.44 bits per heavy atom. The van der Waals surface area contributed by atoms with Gasteiger partial charge in [0.2, 0.25) is 0 Å². The highest BCUT2D eigenvalue weighted by molar-refractivity contribution is 5.82. The van der Waals surface area contributed by atoms with Gasteiger partial charge in [-0.25, -0.2) is 4.79 Å². The van der Waals surface area contributed by atoms with Crippen molar-refractivity contribution in [2.75, 3.05) is 6.61 Å². The predicted molar refractivity (Wildman–Crippen MR) is 122 cm³/mol. The molecule has 0 saturated heterocycles. The van der Waals surface area contributed by atoms with Gasteiger partial charge < -0.3 is 10.1 Å². The molecule has 0 aliphatic heterocycles. The third kappa shape index (κ3) is 4.80. The topological polar surface area (TPSA) is 99.4 Å². The van der Waals surface area contributed by atoms with Crippen molar-refractivity contribution < 1.29 is 14.3 Å². The number of para-hydroxylation sites is 1. The molecule has 1 heterocycles. The van der Waals surface area contributed by atoms with E-state index in [9.17, 15) is 19.2 Å². The van der Waals surface area contributed by atoms with Crippen LogP contribution in [0.1, 0.15) is 36.6 Å². The molecular formula is C24H27N3O5. The smallest absolute Gasteiger partial charge is 0.332 e. The van der Waals surface area contributed by atoms with Gasteiger partial charge in [-0.15, -0.1) is 0 Å². The summed E-state index contributed by atoms with van der Waals surface area (Å²) in [6.07, 6.45) is 0. The van der Waals surface area contributed by atoms with Crippen molar-refractivity contribution in [3.05, 3.63) is 80.0 Å². The number of rotatable bonds is 7. The van der Waals surface area contributed by atoms with E-state index in [1.807, 2.05) is 39.0 Å². The monoisotopic (exact) mass is 437 g/mol. The standard InChI is InChI=1S/C24H27N3O5/c1-5-26-23(30)19-8-6-7-9-20(19)27(24(26)31)13-22(29)32-14-21(28)25-17(4)18-11-10-15(2)16(3)12-18/h6-12,17H,5,13-14H2,1-4H3,(H,25,28). The maximum atomic E-state index is 12.7. The van der Waals surface area contributed by atoms with Crippen LogP contribution in [0.3, 0.4) is 0 Å². The second-order valence-electron chi connectivity index (χ2n) is 7.73. The van der Waals surface area contributed by atoms with Gasteiger partial charge in [0, 0.05) is 6.54 Å². The molecule has 0 spiro atoms. The summed E-state index contributed by atoms with van der Waals surface area (Å²) >= 11 is 0. The molecule has 8 heteroatoms. The Balaban J connectivity index is 1.68. The van der Waals surface area contributed by atoms with Crippen molar-refractivity contribution in [3.63, 3.8) is 0 Å². The molecule has 1 aromatic heterocycles. The van der Waals surface area contributed by atoms with Crippen LogP contribution in [0.5, 0.6) is 0 Å². The van der Waals surface area contributed by atoms with Crippen molar-refractivity contribution in [1.82, 2.24) is 14.5 Å². The van der Waals surface area contributed by atoms with Crippen LogP contribution in [-0.2, 0) is 27.4 Å². The number of aromatic nitrogens is 2. The summed E-state index contributed by atoms with van der Waals surface area (Å²) in [7, 11) is 0. The van der Waals surface area contributed by atoms with Crippen LogP contribution in [0.25, 0.3) is 10.9 Å². The number of amides is 1. The maximum absolute atomic E-state index is 12.7. The third-order valence-corrected chi connectivity index (χ3v) is 5.51. The van der Waals surface area contributed by atoms with Gasteiger partial charge in [0.15, 0.2) is 6.61 Å². The molecule has 1 amide bonds. The van der Waals surface area contributed by atoms with E-state index in [0.717, 1.165) is 15.7 Å². The molecule has 0 bridgehead atoms. The van der Waals surface area contributed by atoms with Gasteiger partial charge in [-0.05, 0) is 56.5 Å². The maximum Gasteiger partial charge on any atom is 0.332 e. The number of aryl methyl sites for hydroxylation is 2. The first-order chi connectivity index (χ1) is 15.2. The van der Waals surface area contributed by atoms with E-state index in [0.29, 0.717) is 10.9 Å². The molecule has 1 unspecified atom stereocenters. The Bertz CT molecular complexity index is 1290. The molecule has 8 nitrogen and oxygen atoms in total. The number of hydrogen-bond acceptors (Lipinski definition) is 5. The molecule has 0 fully saturated rings. The minimum absolute atomic E-state index is 0.177. The lowest BCUT2D eigenvalue weighted by molar-refractivity contribution is -0.149. The van der Waals surface area contributed by atoms with E-state index in [4.69, 9.17) is 4.74 Å². The van der Waals surface area contributed by atoms with Gasteiger partial charge in [-0.2, -0.15) is 0 Å². The van der Waals surface area contributed by atoms with E-state index >= 15 is 0 Å². The molecule has 32 heavy (non-hydrogen) atoms. The van der Waals surface area contributed by atoms with Crippen molar-refractivity contribution >= 4 is 22.8 Å². The van der Waals surface area contributed by atoms with Crippen LogP contribution >= 0.6 is 0 Å². The summed E-state index contributed by atoms with van der Waals surface area (Å²) in [6, 6.07) is 12.3. The number of ether oxygens (including phenoxy) is 1. The summed E-state index contributed by atoms with van der Waals surface area (Å²) in [4.78, 5) is 49.8. The number of benzene rings is 2. The largest absolute Gasteiger partial charge is 0.454 e. The van der Waals surface area contributed by atoms with E-state index in [1.165, 1.54) is 10.1 Å². The number of nitrogens with one attached hydrogen (secondary N) is 1. The molecule has 1 atom stereocenters. The number of carbonyl (C=O) groups excluding carboxylic acids is 2. The quantitative estimate of drug-likeness (QED) is 0.572. The Morgan fingerprint density at radius 2 is 1.75 bits per heavy atom. The third-order valence-electron chi connectivity index (χ3n) is 5.51. The normalized spacial score (nSPS) is 11.9. The second-order valence-corrected chi connectivity index (χ2v) is 7.73. The average molecular weight is 437 g/mol. The molecule has 168 valence electrons. The second kappa shape index (κ2) is 9.64. The van der Waals surface area contributed by atoms with Crippen LogP contribution in [0.2, 0.25) is 0 Å². The zero-order valence-electron chi connectivity index (χ0n) is 18.7. The number of fused-ring (bicyclic) bond motifs is 1. The number of carbonyl (C=O) groups is 2. The van der Waals surface area contributed by atoms with Crippen LogP contribution in [0, 0.1) is 13.8 Å². The number of nitrogens with zero attached hydrogens (tertiary/aromatic N) is 2. The lowest BCUT2D eigenvalue weighted by atomic mass is 10.0. The first-order valence-corrected chi connectivity index (χ1v) is 10.5. The fourth-order valence-electron chi connectivity index (χ4n) is 3.52. The van der Waals surface area contributed by atoms with Crippen molar-refractivity contribution in [2.45, 2.75) is 46.8 Å². The molecule has 0 radical (unpaired) electrons. The Hall–Kier alpha value is -3.68. The first-order valence-electron chi connectivity index (χ1n) is 10.5. The molecular weight excluding hydrogens is 410 g/mol. The average Bonchev–Trinajstić information content (AvgIpc) is 2.77. The first kappa shape index (κ1) is 23.0. The highest BCUT2D eigenvalue weighted by Gasteiger charge is 2.17. The summed E-state index contributed by atoms with van der Waals surface area (Å²) in [5, 5.41) is 3.13. The minimum atomic E-state index is -0.743. The van der Waals surface area contributed by atoms with Crippen molar-refractivity contribution in [2.24, 2.45) is 0 Å². The highest BCUT2D eigenvalue weighted by Crippen LogP contribution is 2.16. The van der Waals surface area contributed by atoms with Crippen molar-refractivity contribution in [3.8, 4) is 0 Å². The SMILES string of the molecule is CCn1c(=O)c2ccccc2n(CC(=O)OCC(=O)NC(C)c2ccc(C)c(C)c2)c1=O. The lowest BCUT2D eigenvalue weighted by Gasteiger charge is -2.16. The minimum Gasteiger partial charge on any atom is -0.454 e. The molecule has 0 aliphatic carbocycles. The summed E-state index contributed by atoms with van der Waals surface area (Å²) < 4.78 is 7.35. The van der Waals surface area contributed by atoms with Gasteiger partial charge in [0.25, 0.3) is 11.5 Å². The highest BCUT2D eigenvalue weighted by atomic mass is 16.5. The van der Waals surface area contributed by atoms with E-state index in [1.54, 1.807) is 31.2 Å². The van der Waals surface area contributed by atoms with Crippen LogP contribution in [0.15, 0.2) is 52.1 Å². The summed E-state index contributed by atoms with van der Waals surface area (Å²) in [6.45, 7) is 6.86. The zero-order valence-corrected chi connectivity index (χ0v) is 18.7. The van der Waals surface area contributed by atoms with Crippen LogP contribution in [-0.4, -0.2) is 27.6 Å². The van der Waals surface area contributed by atoms with Crippen molar-refractivity contribution in [1.29, 1.82) is 0 Å². The van der Waals surface area contributed by atoms with Crippen LogP contribution < -0.4 is 16.6 Å². The zero-order chi connectivity index (χ0) is 23.4. The summed E-state index contributed by atoms with van der Waals surface area (Å²) in [5.41, 5.74) is 2.59. The molecule has 1 N–H and O–H groups in total. The van der Waals surface area contributed by atoms with E-state index < -0.39 is 36.3 Å². The molecule has 2 aromatic carbocycles. The molecule has 0 aliphatic rings. The van der Waals surface area contributed by atoms with Gasteiger partial charge in [0.1, 0.15) is 6.54 Å². The van der Waals surface area contributed by atoms with Gasteiger partial charge in [0.05, 0.1) is 16.9 Å². The van der Waals surface area contributed by atoms with E-state index in [-0.39, 0.29) is 12.6 Å². The van der Waals surface area contributed by atoms with Crippen LogP contribution in [0.4, 0.5) is 0 Å². The van der Waals surface area contributed by atoms with Gasteiger partial charge >= 0.3 is 11.7 Å². The lowest BCUT2D eigenvalue weighted by Crippen LogP contribution is -2.41. The fraction of sp³-hybridized carbons (Fsp3) is 0.333. The van der Waals surface area contributed by atoms with Gasteiger partial charge in [-0.1, -0.05) is 30.3 Å². The van der Waals surface area contributed by atoms with Gasteiger partial charge in [-0.3, -0.25) is 23.5 Å². The number of hydrogen-bond donors (Lipinski definition) is 1. The van der Waals surface area contributed by atoms with E-state index in [2.05, 4.69) is 5.32 Å². The Labute approximate surface area is 185 Å². The fourth-order valence-corrected chi connectivity index (χ4v) is 3.52. The Morgan fingerprint density at radius 1 is 1.03 bits per heavy atom. The summed E-state index contributed by atoms with van der Waals surface area (Å²) in [5.74, 6) is -1.19. The molecule has 0 saturated carbocycles. The molecule has 3 rings (SSSR count). The number of esters is 1. The predicted octanol–water partition coefficient (Wildman–Crippen LogP) is 2.22. The Kier molecular flexibility index (Phi) is 6.92.